The topological polar surface area (TPSA) is 79.0 Å². The lowest BCUT2D eigenvalue weighted by Crippen LogP contribution is -2.54. The molecular formula is C13H18BrN3O4S. The molecule has 0 unspecified atom stereocenters. The van der Waals surface area contributed by atoms with Crippen molar-refractivity contribution in [2.75, 3.05) is 32.8 Å². The van der Waals surface area contributed by atoms with Crippen LogP contribution in [0.2, 0.25) is 0 Å². The van der Waals surface area contributed by atoms with Gasteiger partial charge in [0.05, 0.1) is 11.5 Å². The molecule has 1 heterocycles. The highest BCUT2D eigenvalue weighted by Gasteiger charge is 2.25. The molecule has 1 aliphatic rings. The van der Waals surface area contributed by atoms with Gasteiger partial charge in [0.15, 0.2) is 0 Å². The van der Waals surface area contributed by atoms with E-state index in [0.717, 1.165) is 4.47 Å². The number of hydrogen-bond donors (Lipinski definition) is 1. The molecule has 9 heteroatoms. The molecule has 0 aliphatic carbocycles. The fourth-order valence-electron chi connectivity index (χ4n) is 2.03. The van der Waals surface area contributed by atoms with Crippen molar-refractivity contribution in [1.82, 2.24) is 14.7 Å². The van der Waals surface area contributed by atoms with Crippen LogP contribution in [0.15, 0.2) is 33.6 Å². The first-order chi connectivity index (χ1) is 10.4. The van der Waals surface area contributed by atoms with Gasteiger partial charge in [-0.1, -0.05) is 15.9 Å². The van der Waals surface area contributed by atoms with Gasteiger partial charge in [-0.25, -0.2) is 18.2 Å². The number of nitrogens with zero attached hydrogens (tertiary/aromatic N) is 2. The second kappa shape index (κ2) is 7.40. The first-order valence-corrected chi connectivity index (χ1v) is 9.14. The van der Waals surface area contributed by atoms with Gasteiger partial charge >= 0.3 is 6.09 Å². The Bertz CT molecular complexity index is 613. The molecular weight excluding hydrogens is 374 g/mol. The van der Waals surface area contributed by atoms with E-state index in [1.165, 1.54) is 12.1 Å². The molecule has 1 aliphatic heterocycles. The number of halogens is 1. The summed E-state index contributed by atoms with van der Waals surface area (Å²) in [5.74, 6) is 0. The summed E-state index contributed by atoms with van der Waals surface area (Å²) < 4.78 is 30.3. The predicted octanol–water partition coefficient (Wildman–Crippen LogP) is 1.42. The zero-order valence-corrected chi connectivity index (χ0v) is 14.6. The first-order valence-electron chi connectivity index (χ1n) is 6.87. The Hall–Kier alpha value is -1.16. The summed E-state index contributed by atoms with van der Waals surface area (Å²) in [7, 11) is -3.60. The van der Waals surface area contributed by atoms with E-state index in [1.54, 1.807) is 29.0 Å². The minimum absolute atomic E-state index is 0.198. The summed E-state index contributed by atoms with van der Waals surface area (Å²) in [6.45, 7) is 3.74. The molecule has 0 radical (unpaired) electrons. The number of amides is 1. The Morgan fingerprint density at radius 2 is 1.82 bits per heavy atom. The maximum absolute atomic E-state index is 12.3. The van der Waals surface area contributed by atoms with Crippen molar-refractivity contribution in [3.8, 4) is 0 Å². The minimum Gasteiger partial charge on any atom is -0.450 e. The smallest absolute Gasteiger partial charge is 0.409 e. The number of rotatable bonds is 4. The van der Waals surface area contributed by atoms with Gasteiger partial charge in [-0.05, 0) is 31.2 Å². The number of ether oxygens (including phenoxy) is 1. The van der Waals surface area contributed by atoms with E-state index in [4.69, 9.17) is 4.74 Å². The average molecular weight is 392 g/mol. The van der Waals surface area contributed by atoms with Crippen LogP contribution in [-0.4, -0.2) is 57.2 Å². The van der Waals surface area contributed by atoms with Crippen molar-refractivity contribution in [2.45, 2.75) is 11.8 Å². The van der Waals surface area contributed by atoms with E-state index in [2.05, 4.69) is 20.8 Å². The van der Waals surface area contributed by atoms with Gasteiger partial charge in [0, 0.05) is 30.7 Å². The van der Waals surface area contributed by atoms with E-state index in [1.807, 2.05) is 0 Å². The lowest BCUT2D eigenvalue weighted by atomic mass is 10.4. The largest absolute Gasteiger partial charge is 0.450 e. The second-order valence-corrected chi connectivity index (χ2v) is 7.30. The first kappa shape index (κ1) is 17.2. The standard InChI is InChI=1S/C13H18BrN3O4S/c1-2-21-13(18)16-7-9-17(10-8-16)15-22(19,20)12-5-3-11(14)4-6-12/h3-6,15H,2,7-10H2,1H3. The average Bonchev–Trinajstić information content (AvgIpc) is 2.48. The SMILES string of the molecule is CCOC(=O)N1CCN(NS(=O)(=O)c2ccc(Br)cc2)CC1. The Morgan fingerprint density at radius 1 is 1.23 bits per heavy atom. The fraction of sp³-hybridized carbons (Fsp3) is 0.462. The van der Waals surface area contributed by atoms with E-state index in [0.29, 0.717) is 32.8 Å². The molecule has 0 spiro atoms. The maximum atomic E-state index is 12.3. The summed E-state index contributed by atoms with van der Waals surface area (Å²) in [6.07, 6.45) is -0.363. The highest BCUT2D eigenvalue weighted by molar-refractivity contribution is 9.10. The molecule has 2 rings (SSSR count). The molecule has 1 aromatic carbocycles. The quantitative estimate of drug-likeness (QED) is 0.839. The molecule has 1 amide bonds. The lowest BCUT2D eigenvalue weighted by molar-refractivity contribution is 0.0739. The summed E-state index contributed by atoms with van der Waals surface area (Å²) >= 11 is 3.27. The van der Waals surface area contributed by atoms with Crippen LogP contribution in [0, 0.1) is 0 Å². The van der Waals surface area contributed by atoms with Gasteiger partial charge < -0.3 is 9.64 Å². The number of nitrogens with one attached hydrogen (secondary N) is 1. The van der Waals surface area contributed by atoms with Crippen molar-refractivity contribution in [3.63, 3.8) is 0 Å². The number of piperazine rings is 1. The highest BCUT2D eigenvalue weighted by Crippen LogP contribution is 2.15. The number of hydrogen-bond acceptors (Lipinski definition) is 5. The molecule has 22 heavy (non-hydrogen) atoms. The Morgan fingerprint density at radius 3 is 2.36 bits per heavy atom. The predicted molar refractivity (Wildman–Crippen MR) is 84.6 cm³/mol. The van der Waals surface area contributed by atoms with Crippen LogP contribution >= 0.6 is 15.9 Å². The third-order valence-electron chi connectivity index (χ3n) is 3.18. The van der Waals surface area contributed by atoms with Crippen LogP contribution in [0.25, 0.3) is 0 Å². The van der Waals surface area contributed by atoms with Crippen LogP contribution < -0.4 is 4.83 Å². The molecule has 1 saturated heterocycles. The van der Waals surface area contributed by atoms with Gasteiger partial charge in [-0.2, -0.15) is 0 Å². The van der Waals surface area contributed by atoms with Crippen molar-refractivity contribution < 1.29 is 17.9 Å². The van der Waals surface area contributed by atoms with E-state index >= 15 is 0 Å². The van der Waals surface area contributed by atoms with Crippen molar-refractivity contribution in [3.05, 3.63) is 28.7 Å². The molecule has 1 N–H and O–H groups in total. The molecule has 0 saturated carbocycles. The van der Waals surface area contributed by atoms with Crippen molar-refractivity contribution in [1.29, 1.82) is 0 Å². The third kappa shape index (κ3) is 4.42. The monoisotopic (exact) mass is 391 g/mol. The zero-order valence-electron chi connectivity index (χ0n) is 12.2. The fourth-order valence-corrected chi connectivity index (χ4v) is 3.42. The summed E-state index contributed by atoms with van der Waals surface area (Å²) in [6, 6.07) is 6.41. The van der Waals surface area contributed by atoms with Crippen LogP contribution in [0.5, 0.6) is 0 Å². The van der Waals surface area contributed by atoms with Crippen LogP contribution in [0.4, 0.5) is 4.79 Å². The number of carbonyl (C=O) groups excluding carboxylic acids is 1. The minimum atomic E-state index is -3.60. The van der Waals surface area contributed by atoms with Crippen LogP contribution in [0.1, 0.15) is 6.92 Å². The maximum Gasteiger partial charge on any atom is 0.409 e. The molecule has 0 bridgehead atoms. The number of carbonyl (C=O) groups is 1. The second-order valence-electron chi connectivity index (χ2n) is 4.72. The van der Waals surface area contributed by atoms with Crippen LogP contribution in [-0.2, 0) is 14.8 Å². The van der Waals surface area contributed by atoms with E-state index in [-0.39, 0.29) is 11.0 Å². The van der Waals surface area contributed by atoms with Gasteiger partial charge in [-0.3, -0.25) is 0 Å². The number of sulfonamides is 1. The summed E-state index contributed by atoms with van der Waals surface area (Å²) in [4.78, 5) is 15.9. The van der Waals surface area contributed by atoms with E-state index in [9.17, 15) is 13.2 Å². The number of benzene rings is 1. The molecule has 1 fully saturated rings. The molecule has 0 atom stereocenters. The lowest BCUT2D eigenvalue weighted by Gasteiger charge is -2.33. The van der Waals surface area contributed by atoms with Crippen molar-refractivity contribution in [2.24, 2.45) is 0 Å². The van der Waals surface area contributed by atoms with Crippen LogP contribution in [0.3, 0.4) is 0 Å². The normalized spacial score (nSPS) is 16.5. The summed E-state index contributed by atoms with van der Waals surface area (Å²) in [5.41, 5.74) is 0. The molecule has 1 aromatic rings. The Balaban J connectivity index is 1.92. The Kier molecular flexibility index (Phi) is 5.79. The van der Waals surface area contributed by atoms with E-state index < -0.39 is 10.0 Å². The molecule has 122 valence electrons. The Labute approximate surface area is 138 Å². The van der Waals surface area contributed by atoms with Crippen molar-refractivity contribution >= 4 is 32.0 Å². The van der Waals surface area contributed by atoms with Gasteiger partial charge in [0.25, 0.3) is 10.0 Å². The zero-order chi connectivity index (χ0) is 16.2. The van der Waals surface area contributed by atoms with Gasteiger partial charge in [-0.15, -0.1) is 4.83 Å². The third-order valence-corrected chi connectivity index (χ3v) is 5.10. The highest BCUT2D eigenvalue weighted by atomic mass is 79.9. The summed E-state index contributed by atoms with van der Waals surface area (Å²) in [5, 5.41) is 1.59. The molecule has 0 aromatic heterocycles. The molecule has 7 nitrogen and oxygen atoms in total. The van der Waals surface area contributed by atoms with Gasteiger partial charge in [0.2, 0.25) is 0 Å². The van der Waals surface area contributed by atoms with Gasteiger partial charge in [0.1, 0.15) is 0 Å². The number of hydrazine groups is 1.